The van der Waals surface area contributed by atoms with Crippen molar-refractivity contribution in [3.05, 3.63) is 0 Å². The van der Waals surface area contributed by atoms with E-state index in [-0.39, 0.29) is 12.1 Å². The molecule has 2 bridgehead atoms. The average Bonchev–Trinajstić information content (AvgIpc) is 2.93. The maximum Gasteiger partial charge on any atom is 0.407 e. The molecule has 19 heavy (non-hydrogen) atoms. The lowest BCUT2D eigenvalue weighted by molar-refractivity contribution is 0.128. The van der Waals surface area contributed by atoms with Crippen LogP contribution in [0.4, 0.5) is 9.59 Å². The molecule has 108 valence electrons. The molecule has 2 aliphatic rings. The fourth-order valence-corrected chi connectivity index (χ4v) is 3.32. The second-order valence-corrected chi connectivity index (χ2v) is 5.11. The summed E-state index contributed by atoms with van der Waals surface area (Å²) in [6, 6.07) is -0.0792. The maximum absolute atomic E-state index is 11.6. The van der Waals surface area contributed by atoms with Gasteiger partial charge in [-0.05, 0) is 44.9 Å². The lowest BCUT2D eigenvalue weighted by atomic mass is 9.90. The second-order valence-electron chi connectivity index (χ2n) is 5.11. The summed E-state index contributed by atoms with van der Waals surface area (Å²) in [5, 5.41) is 5.75. The van der Waals surface area contributed by atoms with Crippen molar-refractivity contribution in [3.8, 4) is 0 Å². The molecular weight excluding hydrogens is 248 g/mol. The van der Waals surface area contributed by atoms with Crippen molar-refractivity contribution in [1.29, 1.82) is 0 Å². The van der Waals surface area contributed by atoms with Crippen LogP contribution in [0.2, 0.25) is 0 Å². The maximum atomic E-state index is 11.6. The molecule has 0 aromatic carbocycles. The van der Waals surface area contributed by atoms with Gasteiger partial charge in [-0.25, -0.2) is 9.59 Å². The van der Waals surface area contributed by atoms with Crippen molar-refractivity contribution < 1.29 is 19.1 Å². The summed E-state index contributed by atoms with van der Waals surface area (Å²) in [5.74, 6) is 0.864. The Morgan fingerprint density at radius 3 is 1.74 bits per heavy atom. The van der Waals surface area contributed by atoms with Crippen molar-refractivity contribution in [1.82, 2.24) is 10.6 Å². The summed E-state index contributed by atoms with van der Waals surface area (Å²) in [6.45, 7) is 4.24. The van der Waals surface area contributed by atoms with E-state index in [2.05, 4.69) is 10.6 Å². The highest BCUT2D eigenvalue weighted by molar-refractivity contribution is 5.69. The molecule has 2 fully saturated rings. The smallest absolute Gasteiger partial charge is 0.407 e. The van der Waals surface area contributed by atoms with Gasteiger partial charge in [0, 0.05) is 0 Å². The minimum Gasteiger partial charge on any atom is -0.450 e. The summed E-state index contributed by atoms with van der Waals surface area (Å²) in [7, 11) is 0. The number of nitrogens with one attached hydrogen (secondary N) is 2. The van der Waals surface area contributed by atoms with E-state index >= 15 is 0 Å². The van der Waals surface area contributed by atoms with E-state index in [1.54, 1.807) is 13.8 Å². The number of fused-ring (bicyclic) bond motifs is 2. The van der Waals surface area contributed by atoms with Crippen LogP contribution >= 0.6 is 0 Å². The van der Waals surface area contributed by atoms with E-state index in [0.717, 1.165) is 19.3 Å². The fraction of sp³-hybridized carbons (Fsp3) is 0.846. The van der Waals surface area contributed by atoms with Crippen LogP contribution in [-0.4, -0.2) is 37.5 Å². The van der Waals surface area contributed by atoms with E-state index in [4.69, 9.17) is 9.47 Å². The lowest BCUT2D eigenvalue weighted by Gasteiger charge is -2.31. The molecule has 0 spiro atoms. The highest BCUT2D eigenvalue weighted by Crippen LogP contribution is 2.44. The van der Waals surface area contributed by atoms with Crippen molar-refractivity contribution in [3.63, 3.8) is 0 Å². The van der Waals surface area contributed by atoms with Gasteiger partial charge in [-0.15, -0.1) is 0 Å². The standard InChI is InChI=1S/C13H22N2O4/c1-3-18-12(16)14-10-8-5-6-9(7-8)11(10)15-13(17)19-4-2/h8-11H,3-7H2,1-2H3,(H,14,16)(H,15,17)/t8-,9+,10-,11-/m1/s1. The van der Waals surface area contributed by atoms with Crippen molar-refractivity contribution in [2.75, 3.05) is 13.2 Å². The van der Waals surface area contributed by atoms with Crippen LogP contribution in [0.5, 0.6) is 0 Å². The monoisotopic (exact) mass is 270 g/mol. The Hall–Kier alpha value is -1.46. The zero-order chi connectivity index (χ0) is 13.8. The first-order valence-corrected chi connectivity index (χ1v) is 7.02. The predicted molar refractivity (Wildman–Crippen MR) is 68.7 cm³/mol. The van der Waals surface area contributed by atoms with Crippen LogP contribution in [0.15, 0.2) is 0 Å². The fourth-order valence-electron chi connectivity index (χ4n) is 3.32. The van der Waals surface area contributed by atoms with Gasteiger partial charge in [0.25, 0.3) is 0 Å². The molecule has 2 rings (SSSR count). The first-order valence-electron chi connectivity index (χ1n) is 7.02. The minimum atomic E-state index is -0.407. The minimum absolute atomic E-state index is 0.0396. The lowest BCUT2D eigenvalue weighted by Crippen LogP contribution is -2.54. The number of rotatable bonds is 4. The second kappa shape index (κ2) is 6.12. The summed E-state index contributed by atoms with van der Waals surface area (Å²) < 4.78 is 9.84. The number of alkyl carbamates (subject to hydrolysis) is 2. The number of amides is 2. The van der Waals surface area contributed by atoms with Crippen molar-refractivity contribution >= 4 is 12.2 Å². The SMILES string of the molecule is CCOC(=O)N[C@@H]1[C@@H]2CC[C@@H](C2)[C@H]1NC(=O)OCC. The molecule has 0 radical (unpaired) electrons. The van der Waals surface area contributed by atoms with Gasteiger partial charge in [0.05, 0.1) is 25.3 Å². The van der Waals surface area contributed by atoms with Crippen molar-refractivity contribution in [2.45, 2.75) is 45.2 Å². The van der Waals surface area contributed by atoms with Gasteiger partial charge >= 0.3 is 12.2 Å². The molecule has 6 nitrogen and oxygen atoms in total. The van der Waals surface area contributed by atoms with Gasteiger partial charge < -0.3 is 20.1 Å². The Morgan fingerprint density at radius 1 is 0.947 bits per heavy atom. The molecule has 0 saturated heterocycles. The summed E-state index contributed by atoms with van der Waals surface area (Å²) >= 11 is 0. The van der Waals surface area contributed by atoms with Crippen LogP contribution < -0.4 is 10.6 Å². The number of carbonyl (C=O) groups is 2. The highest BCUT2D eigenvalue weighted by atomic mass is 16.6. The number of ether oxygens (including phenoxy) is 2. The van der Waals surface area contributed by atoms with E-state index < -0.39 is 12.2 Å². The van der Waals surface area contributed by atoms with E-state index in [9.17, 15) is 9.59 Å². The molecule has 0 aromatic rings. The number of hydrogen-bond donors (Lipinski definition) is 2. The molecule has 2 N–H and O–H groups in total. The topological polar surface area (TPSA) is 76.7 Å². The Labute approximate surface area is 113 Å². The van der Waals surface area contributed by atoms with Crippen LogP contribution in [0, 0.1) is 11.8 Å². The molecule has 0 heterocycles. The van der Waals surface area contributed by atoms with E-state index in [1.807, 2.05) is 0 Å². The highest BCUT2D eigenvalue weighted by Gasteiger charge is 2.49. The Bertz CT molecular complexity index is 316. The molecule has 2 saturated carbocycles. The van der Waals surface area contributed by atoms with Gasteiger partial charge in [-0.2, -0.15) is 0 Å². The van der Waals surface area contributed by atoms with Gasteiger partial charge in [-0.3, -0.25) is 0 Å². The molecule has 2 amide bonds. The zero-order valence-electron chi connectivity index (χ0n) is 11.5. The van der Waals surface area contributed by atoms with Crippen LogP contribution in [-0.2, 0) is 9.47 Å². The predicted octanol–water partition coefficient (Wildman–Crippen LogP) is 1.65. The van der Waals surface area contributed by atoms with Crippen LogP contribution in [0.25, 0.3) is 0 Å². The largest absolute Gasteiger partial charge is 0.450 e. The summed E-state index contributed by atoms with van der Waals surface area (Å²) in [5.41, 5.74) is 0. The molecule has 2 aliphatic carbocycles. The van der Waals surface area contributed by atoms with Crippen LogP contribution in [0.1, 0.15) is 33.1 Å². The molecular formula is C13H22N2O4. The third-order valence-corrected chi connectivity index (χ3v) is 4.04. The normalized spacial score (nSPS) is 31.9. The summed E-state index contributed by atoms with van der Waals surface area (Å²) in [4.78, 5) is 23.1. The number of hydrogen-bond acceptors (Lipinski definition) is 4. The quantitative estimate of drug-likeness (QED) is 0.814. The number of carbonyl (C=O) groups excluding carboxylic acids is 2. The summed E-state index contributed by atoms with van der Waals surface area (Å²) in [6.07, 6.45) is 2.44. The molecule has 0 aliphatic heterocycles. The van der Waals surface area contributed by atoms with E-state index in [0.29, 0.717) is 25.0 Å². The molecule has 6 heteroatoms. The molecule has 4 atom stereocenters. The average molecular weight is 270 g/mol. The third-order valence-electron chi connectivity index (χ3n) is 4.04. The van der Waals surface area contributed by atoms with E-state index in [1.165, 1.54) is 0 Å². The molecule has 0 aromatic heterocycles. The van der Waals surface area contributed by atoms with Crippen LogP contribution in [0.3, 0.4) is 0 Å². The first-order chi connectivity index (χ1) is 9.15. The Balaban J connectivity index is 1.94. The first kappa shape index (κ1) is 14.0. The van der Waals surface area contributed by atoms with Gasteiger partial charge in [-0.1, -0.05) is 0 Å². The Morgan fingerprint density at radius 2 is 1.37 bits per heavy atom. The van der Waals surface area contributed by atoms with Gasteiger partial charge in [0.2, 0.25) is 0 Å². The zero-order valence-corrected chi connectivity index (χ0v) is 11.5. The van der Waals surface area contributed by atoms with Gasteiger partial charge in [0.15, 0.2) is 0 Å². The van der Waals surface area contributed by atoms with Gasteiger partial charge in [0.1, 0.15) is 0 Å². The molecule has 0 unspecified atom stereocenters. The van der Waals surface area contributed by atoms with Crippen molar-refractivity contribution in [2.24, 2.45) is 11.8 Å². The Kier molecular flexibility index (Phi) is 4.50. The third kappa shape index (κ3) is 3.11.